The van der Waals surface area contributed by atoms with Crippen molar-refractivity contribution in [3.05, 3.63) is 42.1 Å². The lowest BCUT2D eigenvalue weighted by Crippen LogP contribution is -2.34. The van der Waals surface area contributed by atoms with Gasteiger partial charge in [0.2, 0.25) is 0 Å². The van der Waals surface area contributed by atoms with E-state index >= 15 is 0 Å². The first-order valence-electron chi connectivity index (χ1n) is 10.1. The average Bonchev–Trinajstić information content (AvgIpc) is 2.72. The third-order valence-electron chi connectivity index (χ3n) is 5.15. The van der Waals surface area contributed by atoms with Gasteiger partial charge in [-0.1, -0.05) is 57.0 Å². The molecule has 5 heteroatoms. The minimum Gasteiger partial charge on any atom is -0.356 e. The van der Waals surface area contributed by atoms with Gasteiger partial charge in [-0.15, -0.1) is 0 Å². The molecule has 27 heavy (non-hydrogen) atoms. The Kier molecular flexibility index (Phi) is 6.80. The molecule has 0 bridgehead atoms. The normalized spacial score (nSPS) is 15.0. The van der Waals surface area contributed by atoms with Gasteiger partial charge in [0.05, 0.1) is 0 Å². The summed E-state index contributed by atoms with van der Waals surface area (Å²) in [4.78, 5) is 24.3. The maximum absolute atomic E-state index is 12.7. The maximum Gasteiger partial charge on any atom is 0.270 e. The lowest BCUT2D eigenvalue weighted by Gasteiger charge is -2.31. The number of unbranched alkanes of at least 4 members (excludes halogenated alkanes) is 2. The number of benzene rings is 1. The Hall–Kier alpha value is -2.43. The Morgan fingerprint density at radius 3 is 2.59 bits per heavy atom. The van der Waals surface area contributed by atoms with E-state index in [0.717, 1.165) is 62.5 Å². The summed E-state index contributed by atoms with van der Waals surface area (Å²) < 4.78 is 0. The molecule has 1 saturated heterocycles. The van der Waals surface area contributed by atoms with E-state index in [0.29, 0.717) is 18.1 Å². The standard InChI is InChI=1S/C22H30N4O/c1-3-4-8-13-23-22(27)19-16-20(26-14-11-17(2)12-15-26)25-21(24-19)18-9-6-5-7-10-18/h5-7,9-10,16-17H,3-4,8,11-15H2,1-2H3,(H,23,27). The first kappa shape index (κ1) is 19.3. The van der Waals surface area contributed by atoms with E-state index < -0.39 is 0 Å². The highest BCUT2D eigenvalue weighted by Crippen LogP contribution is 2.24. The molecule has 1 N–H and O–H groups in total. The monoisotopic (exact) mass is 366 g/mol. The number of hydrogen-bond donors (Lipinski definition) is 1. The van der Waals surface area contributed by atoms with Gasteiger partial charge in [-0.05, 0) is 25.2 Å². The molecule has 0 spiro atoms. The van der Waals surface area contributed by atoms with Crippen molar-refractivity contribution in [2.75, 3.05) is 24.5 Å². The minimum atomic E-state index is -0.114. The third kappa shape index (κ3) is 5.28. The molecule has 144 valence electrons. The SMILES string of the molecule is CCCCCNC(=O)c1cc(N2CCC(C)CC2)nc(-c2ccccc2)n1. The number of nitrogens with one attached hydrogen (secondary N) is 1. The summed E-state index contributed by atoms with van der Waals surface area (Å²) in [6.45, 7) is 7.09. The molecule has 1 fully saturated rings. The fourth-order valence-electron chi connectivity index (χ4n) is 3.33. The maximum atomic E-state index is 12.7. The van der Waals surface area contributed by atoms with E-state index in [1.165, 1.54) is 0 Å². The molecule has 0 saturated carbocycles. The van der Waals surface area contributed by atoms with Crippen molar-refractivity contribution in [2.24, 2.45) is 5.92 Å². The molecule has 1 aliphatic rings. The van der Waals surface area contributed by atoms with Crippen LogP contribution in [0.1, 0.15) is 56.4 Å². The van der Waals surface area contributed by atoms with Crippen LogP contribution in [0.15, 0.2) is 36.4 Å². The van der Waals surface area contributed by atoms with Crippen molar-refractivity contribution in [3.8, 4) is 11.4 Å². The highest BCUT2D eigenvalue weighted by atomic mass is 16.1. The van der Waals surface area contributed by atoms with Crippen molar-refractivity contribution < 1.29 is 4.79 Å². The van der Waals surface area contributed by atoms with Gasteiger partial charge in [0.25, 0.3) is 5.91 Å². The summed E-state index contributed by atoms with van der Waals surface area (Å²) in [6, 6.07) is 11.7. The fourth-order valence-corrected chi connectivity index (χ4v) is 3.33. The third-order valence-corrected chi connectivity index (χ3v) is 5.15. The lowest BCUT2D eigenvalue weighted by molar-refractivity contribution is 0.0948. The van der Waals surface area contributed by atoms with Gasteiger partial charge in [0, 0.05) is 31.3 Å². The Balaban J connectivity index is 1.85. The van der Waals surface area contributed by atoms with Crippen molar-refractivity contribution in [3.63, 3.8) is 0 Å². The number of anilines is 1. The van der Waals surface area contributed by atoms with Gasteiger partial charge < -0.3 is 10.2 Å². The summed E-state index contributed by atoms with van der Waals surface area (Å²) in [5.74, 6) is 2.11. The largest absolute Gasteiger partial charge is 0.356 e. The number of carbonyl (C=O) groups excluding carboxylic acids is 1. The molecule has 1 aromatic carbocycles. The van der Waals surface area contributed by atoms with E-state index in [-0.39, 0.29) is 5.91 Å². The smallest absolute Gasteiger partial charge is 0.270 e. The summed E-state index contributed by atoms with van der Waals surface area (Å²) in [7, 11) is 0. The van der Waals surface area contributed by atoms with Crippen LogP contribution >= 0.6 is 0 Å². The van der Waals surface area contributed by atoms with Crippen LogP contribution in [-0.2, 0) is 0 Å². The van der Waals surface area contributed by atoms with Crippen molar-refractivity contribution >= 4 is 11.7 Å². The van der Waals surface area contributed by atoms with Gasteiger partial charge in [0.1, 0.15) is 11.5 Å². The lowest BCUT2D eigenvalue weighted by atomic mass is 9.99. The number of aromatic nitrogens is 2. The average molecular weight is 367 g/mol. The van der Waals surface area contributed by atoms with E-state index in [1.807, 2.05) is 36.4 Å². The van der Waals surface area contributed by atoms with Crippen LogP contribution in [0, 0.1) is 5.92 Å². The number of hydrogen-bond acceptors (Lipinski definition) is 4. The molecule has 0 radical (unpaired) electrons. The number of carbonyl (C=O) groups is 1. The predicted molar refractivity (Wildman–Crippen MR) is 110 cm³/mol. The molecular formula is C22H30N4O. The van der Waals surface area contributed by atoms with E-state index in [1.54, 1.807) is 0 Å². The van der Waals surface area contributed by atoms with Crippen LogP contribution in [0.25, 0.3) is 11.4 Å². The Bertz CT molecular complexity index is 739. The van der Waals surface area contributed by atoms with Gasteiger partial charge in [-0.3, -0.25) is 4.79 Å². The molecular weight excluding hydrogens is 336 g/mol. The summed E-state index contributed by atoms with van der Waals surface area (Å²) in [5.41, 5.74) is 1.39. The zero-order valence-electron chi connectivity index (χ0n) is 16.4. The van der Waals surface area contributed by atoms with Crippen LogP contribution in [0.2, 0.25) is 0 Å². The zero-order chi connectivity index (χ0) is 19.1. The summed E-state index contributed by atoms with van der Waals surface area (Å²) in [6.07, 6.45) is 5.57. The molecule has 0 atom stereocenters. The molecule has 5 nitrogen and oxygen atoms in total. The van der Waals surface area contributed by atoms with E-state index in [9.17, 15) is 4.79 Å². The van der Waals surface area contributed by atoms with Crippen molar-refractivity contribution in [1.29, 1.82) is 0 Å². The zero-order valence-corrected chi connectivity index (χ0v) is 16.4. The summed E-state index contributed by atoms with van der Waals surface area (Å²) in [5, 5.41) is 3.00. The minimum absolute atomic E-state index is 0.114. The van der Waals surface area contributed by atoms with Crippen LogP contribution in [-0.4, -0.2) is 35.5 Å². The predicted octanol–water partition coefficient (Wildman–Crippen LogP) is 4.30. The molecule has 0 aliphatic carbocycles. The molecule has 1 amide bonds. The van der Waals surface area contributed by atoms with Crippen LogP contribution < -0.4 is 10.2 Å². The Morgan fingerprint density at radius 1 is 1.15 bits per heavy atom. The highest BCUT2D eigenvalue weighted by Gasteiger charge is 2.20. The van der Waals surface area contributed by atoms with Crippen molar-refractivity contribution in [2.45, 2.75) is 46.0 Å². The van der Waals surface area contributed by atoms with Gasteiger partial charge in [-0.2, -0.15) is 0 Å². The molecule has 2 heterocycles. The summed E-state index contributed by atoms with van der Waals surface area (Å²) >= 11 is 0. The first-order chi connectivity index (χ1) is 13.2. The number of amides is 1. The second-order valence-corrected chi connectivity index (χ2v) is 7.43. The van der Waals surface area contributed by atoms with Gasteiger partial charge in [-0.25, -0.2) is 9.97 Å². The van der Waals surface area contributed by atoms with Crippen LogP contribution in [0.4, 0.5) is 5.82 Å². The second kappa shape index (κ2) is 9.49. The first-order valence-corrected chi connectivity index (χ1v) is 10.1. The van der Waals surface area contributed by atoms with Crippen LogP contribution in [0.5, 0.6) is 0 Å². The molecule has 1 aliphatic heterocycles. The molecule has 1 aromatic heterocycles. The number of piperidine rings is 1. The second-order valence-electron chi connectivity index (χ2n) is 7.43. The van der Waals surface area contributed by atoms with Crippen LogP contribution in [0.3, 0.4) is 0 Å². The Labute approximate surface area is 162 Å². The molecule has 3 rings (SSSR count). The fraction of sp³-hybridized carbons (Fsp3) is 0.500. The number of rotatable bonds is 7. The topological polar surface area (TPSA) is 58.1 Å². The Morgan fingerprint density at radius 2 is 1.89 bits per heavy atom. The van der Waals surface area contributed by atoms with Gasteiger partial charge in [0.15, 0.2) is 5.82 Å². The van der Waals surface area contributed by atoms with Gasteiger partial charge >= 0.3 is 0 Å². The van der Waals surface area contributed by atoms with E-state index in [2.05, 4.69) is 29.0 Å². The molecule has 0 unspecified atom stereocenters. The van der Waals surface area contributed by atoms with Crippen molar-refractivity contribution in [1.82, 2.24) is 15.3 Å². The number of nitrogens with zero attached hydrogens (tertiary/aromatic N) is 3. The highest BCUT2D eigenvalue weighted by molar-refractivity contribution is 5.93. The quantitative estimate of drug-likeness (QED) is 0.742. The molecule has 2 aromatic rings. The van der Waals surface area contributed by atoms with E-state index in [4.69, 9.17) is 4.98 Å².